The number of fused-ring (bicyclic) bond motifs is 5. The van der Waals surface area contributed by atoms with Crippen LogP contribution in [0.2, 0.25) is 5.02 Å². The highest BCUT2D eigenvalue weighted by molar-refractivity contribution is 6.35. The van der Waals surface area contributed by atoms with Gasteiger partial charge in [-0.1, -0.05) is 56.2 Å². The first-order valence-corrected chi connectivity index (χ1v) is 14.7. The number of carbonyl (C=O) groups excluding carboxylic acids is 3. The van der Waals surface area contributed by atoms with Gasteiger partial charge in [0.2, 0.25) is 5.91 Å². The summed E-state index contributed by atoms with van der Waals surface area (Å²) >= 11 is 6.65. The molecule has 1 aromatic carbocycles. The summed E-state index contributed by atoms with van der Waals surface area (Å²) in [4.78, 5) is 40.4. The molecule has 0 radical (unpaired) electrons. The Morgan fingerprint density at radius 3 is 2.63 bits per heavy atom. The highest BCUT2D eigenvalue weighted by atomic mass is 35.5. The summed E-state index contributed by atoms with van der Waals surface area (Å²) in [5.74, 6) is -1.43. The van der Waals surface area contributed by atoms with Gasteiger partial charge in [0, 0.05) is 19.4 Å². The van der Waals surface area contributed by atoms with Gasteiger partial charge >= 0.3 is 12.1 Å². The average molecular weight is 621 g/mol. The van der Waals surface area contributed by atoms with Crippen LogP contribution in [0.3, 0.4) is 0 Å². The summed E-state index contributed by atoms with van der Waals surface area (Å²) in [5, 5.41) is 24.8. The molecule has 3 aliphatic heterocycles. The fourth-order valence-corrected chi connectivity index (χ4v) is 5.93. The number of hydrogen-bond acceptors (Lipinski definition) is 9. The number of nitrogens with zero attached hydrogens (tertiary/aromatic N) is 1. The Bertz CT molecular complexity index is 1330. The molecule has 7 atom stereocenters. The van der Waals surface area contributed by atoms with Crippen molar-refractivity contribution in [1.29, 1.82) is 0 Å². The van der Waals surface area contributed by atoms with Crippen LogP contribution < -0.4 is 15.0 Å². The molecule has 0 aromatic heterocycles. The van der Waals surface area contributed by atoms with Crippen LogP contribution in [0.1, 0.15) is 53.0 Å². The van der Waals surface area contributed by atoms with Gasteiger partial charge in [0.1, 0.15) is 34.7 Å². The van der Waals surface area contributed by atoms with E-state index in [0.717, 1.165) is 11.1 Å². The number of alkyl carbamates (subject to hydrolysis) is 1. The van der Waals surface area contributed by atoms with E-state index in [2.05, 4.69) is 5.32 Å². The number of hydrogen-bond donors (Lipinski definition) is 3. The SMILES string of the molecule is COc1cc2cc(c1Cl)N(C)C(=O)C[C@H](OC(=O)C(C)C)[C@]1(C)O[C@H]1[C@H](C)[C@@H]1C[C@@](O)(NC(=O)O1)[C@H](O)/C=C/C=C(\C)C2. The molecular formula is C31H41ClN2O9. The summed E-state index contributed by atoms with van der Waals surface area (Å²) in [7, 11) is 3.08. The molecule has 0 spiro atoms. The Balaban J connectivity index is 1.78. The van der Waals surface area contributed by atoms with Crippen molar-refractivity contribution in [3.8, 4) is 5.75 Å². The van der Waals surface area contributed by atoms with E-state index in [4.69, 9.17) is 30.5 Å². The maximum absolute atomic E-state index is 13.7. The molecule has 2 fully saturated rings. The minimum absolute atomic E-state index is 0.133. The van der Waals surface area contributed by atoms with Crippen molar-refractivity contribution >= 4 is 35.3 Å². The Kier molecular flexibility index (Phi) is 9.51. The summed E-state index contributed by atoms with van der Waals surface area (Å²) in [6.07, 6.45) is 0.128. The Morgan fingerprint density at radius 1 is 1.28 bits per heavy atom. The minimum atomic E-state index is -2.00. The molecule has 2 saturated heterocycles. The van der Waals surface area contributed by atoms with Gasteiger partial charge in [-0.3, -0.25) is 14.9 Å². The molecule has 0 saturated carbocycles. The van der Waals surface area contributed by atoms with Gasteiger partial charge in [0.05, 0.1) is 31.2 Å². The van der Waals surface area contributed by atoms with Crippen LogP contribution in [0.15, 0.2) is 35.9 Å². The largest absolute Gasteiger partial charge is 0.495 e. The van der Waals surface area contributed by atoms with Gasteiger partial charge < -0.3 is 34.1 Å². The van der Waals surface area contributed by atoms with E-state index < -0.39 is 59.6 Å². The molecule has 3 N–H and O–H groups in total. The predicted molar refractivity (Wildman–Crippen MR) is 159 cm³/mol. The molecule has 3 aliphatic rings. The number of methoxy groups -OCH3 is 1. The van der Waals surface area contributed by atoms with Crippen LogP contribution >= 0.6 is 11.6 Å². The van der Waals surface area contributed by atoms with Crippen molar-refractivity contribution in [3.63, 3.8) is 0 Å². The second-order valence-corrected chi connectivity index (χ2v) is 12.5. The molecule has 2 amide bonds. The second kappa shape index (κ2) is 12.5. The van der Waals surface area contributed by atoms with Crippen molar-refractivity contribution in [2.24, 2.45) is 11.8 Å². The number of esters is 1. The van der Waals surface area contributed by atoms with E-state index in [9.17, 15) is 24.6 Å². The number of allylic oxidation sites excluding steroid dienone is 3. The van der Waals surface area contributed by atoms with Crippen LogP contribution in [-0.2, 0) is 30.2 Å². The van der Waals surface area contributed by atoms with Crippen molar-refractivity contribution in [2.75, 3.05) is 19.1 Å². The smallest absolute Gasteiger partial charge is 0.409 e. The molecule has 4 rings (SSSR count). The summed E-state index contributed by atoms with van der Waals surface area (Å²) in [6, 6.07) is 3.57. The fraction of sp³-hybridized carbons (Fsp3) is 0.581. The number of rotatable bonds is 3. The number of anilines is 1. The molecule has 1 aromatic rings. The third-order valence-electron chi connectivity index (χ3n) is 8.45. The van der Waals surface area contributed by atoms with Crippen molar-refractivity contribution in [3.05, 3.63) is 46.5 Å². The van der Waals surface area contributed by atoms with Gasteiger partial charge in [-0.2, -0.15) is 0 Å². The van der Waals surface area contributed by atoms with Gasteiger partial charge in [-0.25, -0.2) is 4.79 Å². The topological polar surface area (TPSA) is 147 Å². The molecule has 4 bridgehead atoms. The van der Waals surface area contributed by atoms with Crippen molar-refractivity contribution in [1.82, 2.24) is 5.32 Å². The third kappa shape index (κ3) is 6.85. The number of halogens is 1. The first kappa shape index (κ1) is 32.8. The Morgan fingerprint density at radius 2 is 1.98 bits per heavy atom. The maximum atomic E-state index is 13.7. The van der Waals surface area contributed by atoms with Crippen LogP contribution in [0, 0.1) is 11.8 Å². The maximum Gasteiger partial charge on any atom is 0.409 e. The molecule has 0 aliphatic carbocycles. The molecular weight excluding hydrogens is 580 g/mol. The summed E-state index contributed by atoms with van der Waals surface area (Å²) in [5.41, 5.74) is -0.967. The van der Waals surface area contributed by atoms with Crippen molar-refractivity contribution < 1.29 is 43.5 Å². The lowest BCUT2D eigenvalue weighted by atomic mass is 9.83. The van der Waals surface area contributed by atoms with E-state index in [1.165, 1.54) is 18.1 Å². The highest BCUT2D eigenvalue weighted by Crippen LogP contribution is 2.49. The predicted octanol–water partition coefficient (Wildman–Crippen LogP) is 3.67. The number of ether oxygens (including phenoxy) is 4. The van der Waals surface area contributed by atoms with E-state index in [1.807, 2.05) is 6.92 Å². The number of carbonyl (C=O) groups is 3. The molecule has 43 heavy (non-hydrogen) atoms. The zero-order valence-electron chi connectivity index (χ0n) is 25.5. The lowest BCUT2D eigenvalue weighted by Crippen LogP contribution is -2.63. The number of aliphatic hydroxyl groups is 2. The summed E-state index contributed by atoms with van der Waals surface area (Å²) < 4.78 is 23.0. The van der Waals surface area contributed by atoms with E-state index in [1.54, 1.807) is 59.0 Å². The molecule has 3 heterocycles. The normalized spacial score (nSPS) is 35.2. The van der Waals surface area contributed by atoms with Crippen LogP contribution in [0.4, 0.5) is 10.5 Å². The number of epoxide rings is 1. The first-order chi connectivity index (χ1) is 20.1. The number of aliphatic hydroxyl groups excluding tert-OH is 1. The average Bonchev–Trinajstić information content (AvgIpc) is 3.63. The van der Waals surface area contributed by atoms with Gasteiger partial charge in [0.15, 0.2) is 5.72 Å². The fourth-order valence-electron chi connectivity index (χ4n) is 5.62. The van der Waals surface area contributed by atoms with E-state index >= 15 is 0 Å². The standard InChI is InChI=1S/C31H41ClN2O9/c1-16(2)28(37)42-24-14-25(36)34(6)20-12-19(13-21(40-7)26(20)32)11-17(3)9-8-10-23(35)31(39)15-22(41-29(38)33-31)18(4)27-30(24,5)43-27/h8-10,12-13,16,18,22-24,27,35,39H,11,14-15H2,1-7H3,(H,33,38)/b10-8+,17-9+/t18-,22+,23-,24+,27+,30+,31+/m1/s1. The quantitative estimate of drug-likeness (QED) is 0.340. The second-order valence-electron chi connectivity index (χ2n) is 12.2. The highest BCUT2D eigenvalue weighted by Gasteiger charge is 2.64. The summed E-state index contributed by atoms with van der Waals surface area (Å²) in [6.45, 7) is 8.79. The van der Waals surface area contributed by atoms with Crippen molar-refractivity contribution in [2.45, 2.75) is 89.6 Å². The van der Waals surface area contributed by atoms with Crippen LogP contribution in [-0.4, -0.2) is 78.1 Å². The molecule has 236 valence electrons. The van der Waals surface area contributed by atoms with Crippen LogP contribution in [0.25, 0.3) is 0 Å². The molecule has 0 unspecified atom stereocenters. The number of nitrogens with one attached hydrogen (secondary N) is 1. The zero-order chi connectivity index (χ0) is 31.9. The number of amides is 2. The van der Waals surface area contributed by atoms with E-state index in [-0.39, 0.29) is 23.8 Å². The first-order valence-electron chi connectivity index (χ1n) is 14.3. The lowest BCUT2D eigenvalue weighted by Gasteiger charge is -2.41. The monoisotopic (exact) mass is 620 g/mol. The Labute approximate surface area is 256 Å². The van der Waals surface area contributed by atoms with E-state index in [0.29, 0.717) is 17.9 Å². The van der Waals surface area contributed by atoms with Gasteiger partial charge in [-0.15, -0.1) is 0 Å². The molecule has 11 nitrogen and oxygen atoms in total. The Hall–Kier alpha value is -3.12. The van der Waals surface area contributed by atoms with Gasteiger partial charge in [0.25, 0.3) is 0 Å². The minimum Gasteiger partial charge on any atom is -0.495 e. The third-order valence-corrected chi connectivity index (χ3v) is 8.83. The van der Waals surface area contributed by atoms with Crippen LogP contribution in [0.5, 0.6) is 5.75 Å². The molecule has 12 heteroatoms. The zero-order valence-corrected chi connectivity index (χ0v) is 26.3. The lowest BCUT2D eigenvalue weighted by molar-refractivity contribution is -0.157. The van der Waals surface area contributed by atoms with Gasteiger partial charge in [-0.05, 0) is 38.0 Å². The number of benzene rings is 1.